The molecule has 2 aromatic carbocycles. The van der Waals surface area contributed by atoms with Crippen molar-refractivity contribution >= 4 is 22.3 Å². The number of aryl methyl sites for hydroxylation is 1. The van der Waals surface area contributed by atoms with Crippen LogP contribution in [0, 0.1) is 6.92 Å². The number of H-pyrrole nitrogens is 1. The smallest absolute Gasteiger partial charge is 0.117 e. The Morgan fingerprint density at radius 1 is 1.14 bits per heavy atom. The molecule has 0 bridgehead atoms. The van der Waals surface area contributed by atoms with E-state index >= 15 is 0 Å². The van der Waals surface area contributed by atoms with Gasteiger partial charge in [0.25, 0.3) is 0 Å². The van der Waals surface area contributed by atoms with Crippen molar-refractivity contribution in [1.82, 2.24) is 20.0 Å². The van der Waals surface area contributed by atoms with Crippen molar-refractivity contribution in [2.75, 3.05) is 38.2 Å². The van der Waals surface area contributed by atoms with Crippen LogP contribution in [0.2, 0.25) is 0 Å². The quantitative estimate of drug-likeness (QED) is 0.457. The molecule has 1 aliphatic heterocycles. The van der Waals surface area contributed by atoms with Crippen LogP contribution in [-0.2, 0) is 6.54 Å². The van der Waals surface area contributed by atoms with Gasteiger partial charge in [0.05, 0.1) is 16.9 Å². The largest absolute Gasteiger partial charge is 0.396 e. The number of nitrogens with one attached hydrogen (secondary N) is 1. The van der Waals surface area contributed by atoms with Gasteiger partial charge in [-0.3, -0.25) is 15.0 Å². The van der Waals surface area contributed by atoms with Crippen LogP contribution < -0.4 is 16.6 Å². The highest BCUT2D eigenvalue weighted by atomic mass is 15.4. The van der Waals surface area contributed by atoms with Crippen LogP contribution >= 0.6 is 0 Å². The Labute approximate surface area is 171 Å². The Kier molecular flexibility index (Phi) is 5.53. The Bertz CT molecular complexity index is 998. The van der Waals surface area contributed by atoms with E-state index in [-0.39, 0.29) is 0 Å². The molecular weight excluding hydrogens is 362 g/mol. The number of piperazine rings is 1. The zero-order chi connectivity index (χ0) is 20.4. The van der Waals surface area contributed by atoms with E-state index in [2.05, 4.69) is 52.2 Å². The molecule has 1 aromatic heterocycles. The highest BCUT2D eigenvalue weighted by Crippen LogP contribution is 2.22. The maximum absolute atomic E-state index is 6.30. The van der Waals surface area contributed by atoms with Crippen LogP contribution in [0.4, 0.5) is 5.69 Å². The van der Waals surface area contributed by atoms with Crippen LogP contribution in [0.1, 0.15) is 16.8 Å². The second-order valence-electron chi connectivity index (χ2n) is 7.86. The molecule has 5 N–H and O–H groups in total. The number of anilines is 1. The highest BCUT2D eigenvalue weighted by Gasteiger charge is 2.14. The summed E-state index contributed by atoms with van der Waals surface area (Å²) in [6, 6.07) is 14.4. The first kappa shape index (κ1) is 19.4. The lowest BCUT2D eigenvalue weighted by atomic mass is 10.1. The normalized spacial score (nSPS) is 16.4. The second kappa shape index (κ2) is 8.24. The number of hydrogen-bond donors (Lipinski definition) is 3. The molecular formula is C22H29N7. The lowest BCUT2D eigenvalue weighted by Gasteiger charge is -2.32. The standard InChI is InChI=1S/C22H29N7/c1-16-3-8-21-19(13-16)22(26-25-21)20(23)15-29(24)18-6-4-17(5-7-18)14-28-11-9-27(2)10-12-28/h3-8,13,15H,9-12,14,23-24H2,1-2H3,(H,25,26)/b20-15-. The fourth-order valence-electron chi connectivity index (χ4n) is 3.67. The van der Waals surface area contributed by atoms with E-state index in [0.29, 0.717) is 11.4 Å². The van der Waals surface area contributed by atoms with Crippen molar-refractivity contribution < 1.29 is 0 Å². The molecule has 7 heteroatoms. The van der Waals surface area contributed by atoms with E-state index in [0.717, 1.165) is 54.9 Å². The van der Waals surface area contributed by atoms with Gasteiger partial charge in [-0.2, -0.15) is 5.10 Å². The lowest BCUT2D eigenvalue weighted by Crippen LogP contribution is -2.43. The maximum atomic E-state index is 6.30. The van der Waals surface area contributed by atoms with Gasteiger partial charge in [0.15, 0.2) is 0 Å². The zero-order valence-electron chi connectivity index (χ0n) is 17.1. The number of rotatable bonds is 5. The molecule has 152 valence electrons. The van der Waals surface area contributed by atoms with Crippen molar-refractivity contribution in [3.8, 4) is 0 Å². The molecule has 4 rings (SSSR count). The number of likely N-dealkylation sites (N-methyl/N-ethyl adjacent to an activating group) is 1. The first-order chi connectivity index (χ1) is 14.0. The molecule has 1 fully saturated rings. The molecule has 0 amide bonds. The van der Waals surface area contributed by atoms with Crippen LogP contribution in [-0.4, -0.2) is 53.2 Å². The van der Waals surface area contributed by atoms with Gasteiger partial charge in [0.1, 0.15) is 5.69 Å². The Hall–Kier alpha value is -2.87. The lowest BCUT2D eigenvalue weighted by molar-refractivity contribution is 0.148. The van der Waals surface area contributed by atoms with Crippen molar-refractivity contribution in [2.24, 2.45) is 11.6 Å². The third-order valence-electron chi connectivity index (χ3n) is 5.51. The molecule has 29 heavy (non-hydrogen) atoms. The van der Waals surface area contributed by atoms with Crippen LogP contribution in [0.3, 0.4) is 0 Å². The number of hydrogen-bond acceptors (Lipinski definition) is 6. The summed E-state index contributed by atoms with van der Waals surface area (Å²) < 4.78 is 0. The monoisotopic (exact) mass is 391 g/mol. The minimum atomic E-state index is 0.519. The predicted octanol–water partition coefficient (Wildman–Crippen LogP) is 2.26. The van der Waals surface area contributed by atoms with E-state index < -0.39 is 0 Å². The van der Waals surface area contributed by atoms with Crippen LogP contribution in [0.15, 0.2) is 48.7 Å². The summed E-state index contributed by atoms with van der Waals surface area (Å²) in [4.78, 5) is 4.85. The third kappa shape index (κ3) is 4.42. The minimum absolute atomic E-state index is 0.519. The number of benzene rings is 2. The van der Waals surface area contributed by atoms with Crippen molar-refractivity contribution in [3.05, 3.63) is 65.5 Å². The molecule has 0 spiro atoms. The van der Waals surface area contributed by atoms with Crippen LogP contribution in [0.25, 0.3) is 16.6 Å². The van der Waals surface area contributed by atoms with E-state index in [9.17, 15) is 0 Å². The van der Waals surface area contributed by atoms with E-state index in [1.54, 1.807) is 11.2 Å². The van der Waals surface area contributed by atoms with Crippen molar-refractivity contribution in [2.45, 2.75) is 13.5 Å². The van der Waals surface area contributed by atoms with Crippen LogP contribution in [0.5, 0.6) is 0 Å². The van der Waals surface area contributed by atoms with E-state index in [1.807, 2.05) is 24.3 Å². The summed E-state index contributed by atoms with van der Waals surface area (Å²) in [6.07, 6.45) is 1.72. The molecule has 1 saturated heterocycles. The first-order valence-electron chi connectivity index (χ1n) is 9.96. The summed E-state index contributed by atoms with van der Waals surface area (Å²) in [6.45, 7) is 7.49. The Morgan fingerprint density at radius 3 is 2.59 bits per heavy atom. The summed E-state index contributed by atoms with van der Waals surface area (Å²) in [7, 11) is 2.17. The number of hydrazine groups is 1. The second-order valence-corrected chi connectivity index (χ2v) is 7.86. The summed E-state index contributed by atoms with van der Waals surface area (Å²) >= 11 is 0. The third-order valence-corrected chi connectivity index (χ3v) is 5.51. The number of aromatic amines is 1. The fourth-order valence-corrected chi connectivity index (χ4v) is 3.67. The van der Waals surface area contributed by atoms with Gasteiger partial charge >= 0.3 is 0 Å². The SMILES string of the molecule is Cc1ccc2[nH]nc(/C(N)=C/N(N)c3ccc(CN4CCN(C)CC4)cc3)c2c1. The van der Waals surface area contributed by atoms with Crippen molar-refractivity contribution in [3.63, 3.8) is 0 Å². The topological polar surface area (TPSA) is 90.4 Å². The van der Waals surface area contributed by atoms with Gasteiger partial charge in [-0.05, 0) is 43.8 Å². The van der Waals surface area contributed by atoms with Gasteiger partial charge in [-0.15, -0.1) is 0 Å². The number of fused-ring (bicyclic) bond motifs is 1. The van der Waals surface area contributed by atoms with E-state index in [4.69, 9.17) is 11.6 Å². The maximum Gasteiger partial charge on any atom is 0.117 e. The Morgan fingerprint density at radius 2 is 1.86 bits per heavy atom. The molecule has 2 heterocycles. The first-order valence-corrected chi connectivity index (χ1v) is 9.96. The molecule has 0 atom stereocenters. The summed E-state index contributed by atoms with van der Waals surface area (Å²) in [5, 5.41) is 9.92. The highest BCUT2D eigenvalue weighted by molar-refractivity contribution is 5.90. The molecule has 0 radical (unpaired) electrons. The van der Waals surface area contributed by atoms with Gasteiger partial charge in [-0.1, -0.05) is 23.8 Å². The molecule has 0 aliphatic carbocycles. The molecule has 0 saturated carbocycles. The number of aromatic nitrogens is 2. The van der Waals surface area contributed by atoms with Crippen molar-refractivity contribution in [1.29, 1.82) is 0 Å². The number of nitrogens with zero attached hydrogens (tertiary/aromatic N) is 4. The Balaban J connectivity index is 1.46. The molecule has 7 nitrogen and oxygen atoms in total. The number of nitrogens with two attached hydrogens (primary N) is 2. The van der Waals surface area contributed by atoms with Gasteiger partial charge in [0, 0.05) is 44.3 Å². The van der Waals surface area contributed by atoms with Gasteiger partial charge in [-0.25, -0.2) is 5.84 Å². The predicted molar refractivity (Wildman–Crippen MR) is 119 cm³/mol. The van der Waals surface area contributed by atoms with E-state index in [1.165, 1.54) is 5.56 Å². The average Bonchev–Trinajstić information content (AvgIpc) is 3.13. The summed E-state index contributed by atoms with van der Waals surface area (Å²) in [5.74, 6) is 6.25. The average molecular weight is 392 g/mol. The zero-order valence-corrected chi connectivity index (χ0v) is 17.1. The minimum Gasteiger partial charge on any atom is -0.396 e. The fraction of sp³-hybridized carbons (Fsp3) is 0.318. The molecule has 1 aliphatic rings. The molecule has 0 unspecified atom stereocenters. The molecule has 3 aromatic rings. The van der Waals surface area contributed by atoms with Gasteiger partial charge < -0.3 is 10.6 Å². The van der Waals surface area contributed by atoms with Gasteiger partial charge in [0.2, 0.25) is 0 Å². The summed E-state index contributed by atoms with van der Waals surface area (Å²) in [5.41, 5.74) is 11.8.